The average molecular weight is 476 g/mol. The molecule has 3 aromatic rings. The minimum Gasteiger partial charge on any atom is -0.494 e. The Morgan fingerprint density at radius 1 is 1.16 bits per heavy atom. The predicted octanol–water partition coefficient (Wildman–Crippen LogP) is 3.66. The molecule has 32 heavy (non-hydrogen) atoms. The number of thiazole rings is 1. The topological polar surface area (TPSA) is 97.8 Å². The molecule has 2 aromatic carbocycles. The monoisotopic (exact) mass is 475 g/mol. The fourth-order valence-corrected chi connectivity index (χ4v) is 6.29. The SMILES string of the molecule is COc1ccc(C)c2sc(NC(=O)c3ccc(S(=O)(=O)N4C[C@H](C)O[C@@H](C)C4)cc3)nc12. The van der Waals surface area contributed by atoms with Crippen molar-refractivity contribution in [2.75, 3.05) is 25.5 Å². The van der Waals surface area contributed by atoms with Crippen molar-refractivity contribution >= 4 is 42.6 Å². The summed E-state index contributed by atoms with van der Waals surface area (Å²) in [4.78, 5) is 17.4. The number of ether oxygens (including phenoxy) is 2. The van der Waals surface area contributed by atoms with Crippen LogP contribution in [0.15, 0.2) is 41.3 Å². The molecule has 1 saturated heterocycles. The van der Waals surface area contributed by atoms with Crippen LogP contribution >= 0.6 is 11.3 Å². The number of fused-ring (bicyclic) bond motifs is 1. The molecule has 0 unspecified atom stereocenters. The molecule has 0 radical (unpaired) electrons. The van der Waals surface area contributed by atoms with Gasteiger partial charge in [-0.2, -0.15) is 4.31 Å². The van der Waals surface area contributed by atoms with Gasteiger partial charge in [0.05, 0.1) is 28.9 Å². The summed E-state index contributed by atoms with van der Waals surface area (Å²) in [5, 5.41) is 3.25. The van der Waals surface area contributed by atoms with Gasteiger partial charge in [0.2, 0.25) is 10.0 Å². The number of rotatable bonds is 5. The van der Waals surface area contributed by atoms with Crippen molar-refractivity contribution in [2.24, 2.45) is 0 Å². The van der Waals surface area contributed by atoms with Gasteiger partial charge >= 0.3 is 0 Å². The van der Waals surface area contributed by atoms with Crippen molar-refractivity contribution in [3.63, 3.8) is 0 Å². The Hall–Kier alpha value is -2.53. The van der Waals surface area contributed by atoms with Gasteiger partial charge in [0.25, 0.3) is 5.91 Å². The molecule has 4 rings (SSSR count). The third-order valence-electron chi connectivity index (χ3n) is 5.28. The molecule has 1 aromatic heterocycles. The number of nitrogens with zero attached hydrogens (tertiary/aromatic N) is 2. The highest BCUT2D eigenvalue weighted by molar-refractivity contribution is 7.89. The molecule has 0 bridgehead atoms. The first kappa shape index (κ1) is 22.7. The van der Waals surface area contributed by atoms with Gasteiger partial charge in [0, 0.05) is 18.7 Å². The van der Waals surface area contributed by atoms with E-state index in [-0.39, 0.29) is 23.0 Å². The fraction of sp³-hybridized carbons (Fsp3) is 0.364. The van der Waals surface area contributed by atoms with E-state index in [1.54, 1.807) is 7.11 Å². The number of aromatic nitrogens is 1. The Bertz CT molecular complexity index is 1240. The van der Waals surface area contributed by atoms with E-state index < -0.39 is 10.0 Å². The second kappa shape index (κ2) is 8.78. The number of carbonyl (C=O) groups is 1. The van der Waals surface area contributed by atoms with E-state index in [0.717, 1.165) is 10.3 Å². The third-order valence-corrected chi connectivity index (χ3v) is 8.24. The number of amides is 1. The number of carbonyl (C=O) groups excluding carboxylic acids is 1. The third kappa shape index (κ3) is 4.36. The summed E-state index contributed by atoms with van der Waals surface area (Å²) < 4.78 is 39.3. The molecule has 1 fully saturated rings. The van der Waals surface area contributed by atoms with Crippen molar-refractivity contribution in [1.29, 1.82) is 0 Å². The van der Waals surface area contributed by atoms with Crippen LogP contribution in [0.4, 0.5) is 5.13 Å². The van der Waals surface area contributed by atoms with Gasteiger partial charge in [-0.05, 0) is 56.7 Å². The van der Waals surface area contributed by atoms with E-state index >= 15 is 0 Å². The normalized spacial score (nSPS) is 19.8. The van der Waals surface area contributed by atoms with Gasteiger partial charge in [0.15, 0.2) is 5.13 Å². The molecule has 10 heteroatoms. The van der Waals surface area contributed by atoms with Gasteiger partial charge in [-0.25, -0.2) is 13.4 Å². The number of morpholine rings is 1. The Labute approximate surface area is 191 Å². The standard InChI is InChI=1S/C22H25N3O5S2/c1-13-5-10-18(29-4)19-20(13)31-22(23-19)24-21(26)16-6-8-17(9-7-16)32(27,28)25-11-14(2)30-15(3)12-25/h5-10,14-15H,11-12H2,1-4H3,(H,23,24,26)/t14-,15-/m0/s1. The van der Waals surface area contributed by atoms with Crippen LogP contribution in [0.1, 0.15) is 29.8 Å². The van der Waals surface area contributed by atoms with Gasteiger partial charge in [0.1, 0.15) is 11.3 Å². The summed E-state index contributed by atoms with van der Waals surface area (Å²) in [7, 11) is -2.08. The maximum absolute atomic E-state index is 13.0. The lowest BCUT2D eigenvalue weighted by molar-refractivity contribution is -0.0440. The summed E-state index contributed by atoms with van der Waals surface area (Å²) in [6.45, 7) is 6.28. The zero-order valence-electron chi connectivity index (χ0n) is 18.3. The van der Waals surface area contributed by atoms with Gasteiger partial charge < -0.3 is 9.47 Å². The van der Waals surface area contributed by atoms with Crippen molar-refractivity contribution in [1.82, 2.24) is 9.29 Å². The lowest BCUT2D eigenvalue weighted by atomic mass is 10.2. The summed E-state index contributed by atoms with van der Waals surface area (Å²) >= 11 is 1.37. The van der Waals surface area contributed by atoms with Crippen molar-refractivity contribution in [3.8, 4) is 5.75 Å². The summed E-state index contributed by atoms with van der Waals surface area (Å²) in [6.07, 6.45) is -0.343. The number of anilines is 1. The van der Waals surface area contributed by atoms with Crippen LogP contribution in [-0.2, 0) is 14.8 Å². The van der Waals surface area contributed by atoms with Crippen LogP contribution in [0.2, 0.25) is 0 Å². The quantitative estimate of drug-likeness (QED) is 0.605. The minimum absolute atomic E-state index is 0.149. The van der Waals surface area contributed by atoms with E-state index in [1.807, 2.05) is 32.9 Å². The molecule has 8 nitrogen and oxygen atoms in total. The molecular weight excluding hydrogens is 450 g/mol. The highest BCUT2D eigenvalue weighted by atomic mass is 32.2. The summed E-state index contributed by atoms with van der Waals surface area (Å²) in [5.74, 6) is 0.280. The van der Waals surface area contributed by atoms with Crippen LogP contribution in [0.25, 0.3) is 10.2 Å². The molecule has 1 amide bonds. The zero-order chi connectivity index (χ0) is 23.0. The molecule has 2 atom stereocenters. The summed E-state index contributed by atoms with van der Waals surface area (Å²) in [5.41, 5.74) is 2.08. The maximum Gasteiger partial charge on any atom is 0.257 e. The molecule has 0 spiro atoms. The largest absolute Gasteiger partial charge is 0.494 e. The number of nitrogens with one attached hydrogen (secondary N) is 1. The van der Waals surface area contributed by atoms with Crippen LogP contribution in [0, 0.1) is 6.92 Å². The first-order valence-electron chi connectivity index (χ1n) is 10.2. The molecule has 170 valence electrons. The highest BCUT2D eigenvalue weighted by Crippen LogP contribution is 2.35. The van der Waals surface area contributed by atoms with Crippen molar-refractivity contribution < 1.29 is 22.7 Å². The molecule has 1 aliphatic heterocycles. The first-order valence-corrected chi connectivity index (χ1v) is 12.5. The Morgan fingerprint density at radius 2 is 1.81 bits per heavy atom. The predicted molar refractivity (Wildman–Crippen MR) is 124 cm³/mol. The molecule has 1 N–H and O–H groups in total. The smallest absolute Gasteiger partial charge is 0.257 e. The highest BCUT2D eigenvalue weighted by Gasteiger charge is 2.32. The summed E-state index contributed by atoms with van der Waals surface area (Å²) in [6, 6.07) is 9.72. The van der Waals surface area contributed by atoms with E-state index in [4.69, 9.17) is 9.47 Å². The number of hydrogen-bond donors (Lipinski definition) is 1. The van der Waals surface area contributed by atoms with Crippen LogP contribution in [0.5, 0.6) is 5.75 Å². The number of methoxy groups -OCH3 is 1. The van der Waals surface area contributed by atoms with Crippen LogP contribution < -0.4 is 10.1 Å². The van der Waals surface area contributed by atoms with Crippen molar-refractivity contribution in [3.05, 3.63) is 47.5 Å². The first-order chi connectivity index (χ1) is 15.2. The number of sulfonamides is 1. The van der Waals surface area contributed by atoms with Crippen molar-refractivity contribution in [2.45, 2.75) is 37.9 Å². The van der Waals surface area contributed by atoms with E-state index in [2.05, 4.69) is 10.3 Å². The van der Waals surface area contributed by atoms with E-state index in [1.165, 1.54) is 39.9 Å². The molecule has 0 aliphatic carbocycles. The number of benzene rings is 2. The van der Waals surface area contributed by atoms with E-state index in [0.29, 0.717) is 35.1 Å². The average Bonchev–Trinajstić information content (AvgIpc) is 3.18. The second-order valence-electron chi connectivity index (χ2n) is 7.84. The van der Waals surface area contributed by atoms with E-state index in [9.17, 15) is 13.2 Å². The molecular formula is C22H25N3O5S2. The molecule has 1 aliphatic rings. The lowest BCUT2D eigenvalue weighted by Gasteiger charge is -2.34. The van der Waals surface area contributed by atoms with Crippen LogP contribution in [-0.4, -0.2) is 56.0 Å². The second-order valence-corrected chi connectivity index (χ2v) is 10.8. The molecule has 0 saturated carbocycles. The van der Waals surface area contributed by atoms with Gasteiger partial charge in [-0.15, -0.1) is 0 Å². The minimum atomic E-state index is -3.66. The Balaban J connectivity index is 1.52. The Morgan fingerprint density at radius 3 is 2.44 bits per heavy atom. The fourth-order valence-electron chi connectivity index (χ4n) is 3.75. The molecule has 2 heterocycles. The zero-order valence-corrected chi connectivity index (χ0v) is 19.9. The van der Waals surface area contributed by atoms with Crippen LogP contribution in [0.3, 0.4) is 0 Å². The number of hydrogen-bond acceptors (Lipinski definition) is 7. The number of aryl methyl sites for hydroxylation is 1. The maximum atomic E-state index is 13.0. The lowest BCUT2D eigenvalue weighted by Crippen LogP contribution is -2.48. The van der Waals surface area contributed by atoms with Gasteiger partial charge in [-0.1, -0.05) is 17.4 Å². The Kier molecular flexibility index (Phi) is 6.22. The van der Waals surface area contributed by atoms with Gasteiger partial charge in [-0.3, -0.25) is 10.1 Å².